The van der Waals surface area contributed by atoms with Gasteiger partial charge in [-0.05, 0) is 35.7 Å². The smallest absolute Gasteiger partial charge is 0.138 e. The lowest BCUT2D eigenvalue weighted by Crippen LogP contribution is -1.92. The molecule has 19 heavy (non-hydrogen) atoms. The zero-order valence-electron chi connectivity index (χ0n) is 9.90. The standard InChI is InChI=1S/C15H10ClFOS/c16-13-3-1-2-4-14(13)18-9-12-7-10-5-6-11(17)8-15(10)19-12/h1-8H,9H2. The Labute approximate surface area is 119 Å². The van der Waals surface area contributed by atoms with Gasteiger partial charge < -0.3 is 4.74 Å². The summed E-state index contributed by atoms with van der Waals surface area (Å²) in [6.07, 6.45) is 0. The van der Waals surface area contributed by atoms with Gasteiger partial charge in [-0.15, -0.1) is 11.3 Å². The maximum absolute atomic E-state index is 13.1. The fourth-order valence-corrected chi connectivity index (χ4v) is 3.03. The van der Waals surface area contributed by atoms with Crippen LogP contribution in [0.3, 0.4) is 0 Å². The van der Waals surface area contributed by atoms with Crippen molar-refractivity contribution < 1.29 is 9.13 Å². The van der Waals surface area contributed by atoms with Crippen LogP contribution in [-0.2, 0) is 6.61 Å². The van der Waals surface area contributed by atoms with Crippen LogP contribution in [0.5, 0.6) is 5.75 Å². The lowest BCUT2D eigenvalue weighted by Gasteiger charge is -2.05. The molecule has 0 atom stereocenters. The molecule has 0 unspecified atom stereocenters. The molecule has 3 rings (SSSR count). The van der Waals surface area contributed by atoms with Gasteiger partial charge in [0.15, 0.2) is 0 Å². The minimum absolute atomic E-state index is 0.215. The van der Waals surface area contributed by atoms with Crippen LogP contribution in [0.15, 0.2) is 48.5 Å². The molecule has 1 heterocycles. The van der Waals surface area contributed by atoms with Crippen LogP contribution in [0, 0.1) is 5.82 Å². The summed E-state index contributed by atoms with van der Waals surface area (Å²) in [6, 6.07) is 14.1. The average Bonchev–Trinajstić information content (AvgIpc) is 2.79. The first-order chi connectivity index (χ1) is 9.22. The molecule has 96 valence electrons. The summed E-state index contributed by atoms with van der Waals surface area (Å²) in [5.41, 5.74) is 0. The highest BCUT2D eigenvalue weighted by Crippen LogP contribution is 2.29. The zero-order chi connectivity index (χ0) is 13.2. The van der Waals surface area contributed by atoms with E-state index in [0.29, 0.717) is 17.4 Å². The van der Waals surface area contributed by atoms with Crippen molar-refractivity contribution in [2.24, 2.45) is 0 Å². The van der Waals surface area contributed by atoms with E-state index >= 15 is 0 Å². The fourth-order valence-electron chi connectivity index (χ4n) is 1.84. The highest BCUT2D eigenvalue weighted by Gasteiger charge is 2.05. The van der Waals surface area contributed by atoms with Crippen molar-refractivity contribution in [3.05, 3.63) is 64.2 Å². The van der Waals surface area contributed by atoms with Crippen molar-refractivity contribution in [1.82, 2.24) is 0 Å². The number of hydrogen-bond donors (Lipinski definition) is 0. The Morgan fingerprint density at radius 2 is 1.95 bits per heavy atom. The molecule has 0 radical (unpaired) electrons. The number of para-hydroxylation sites is 1. The number of ether oxygens (including phenoxy) is 1. The molecule has 0 N–H and O–H groups in total. The number of halogens is 2. The van der Waals surface area contributed by atoms with Crippen molar-refractivity contribution in [3.8, 4) is 5.75 Å². The van der Waals surface area contributed by atoms with Crippen LogP contribution >= 0.6 is 22.9 Å². The molecule has 2 aromatic carbocycles. The first kappa shape index (κ1) is 12.5. The predicted molar refractivity (Wildman–Crippen MR) is 77.6 cm³/mol. The maximum atomic E-state index is 13.1. The van der Waals surface area contributed by atoms with Gasteiger partial charge >= 0.3 is 0 Å². The van der Waals surface area contributed by atoms with Gasteiger partial charge in [-0.1, -0.05) is 29.8 Å². The summed E-state index contributed by atoms with van der Waals surface area (Å²) in [7, 11) is 0. The van der Waals surface area contributed by atoms with Crippen molar-refractivity contribution in [1.29, 1.82) is 0 Å². The van der Waals surface area contributed by atoms with Gasteiger partial charge in [-0.25, -0.2) is 4.39 Å². The summed E-state index contributed by atoms with van der Waals surface area (Å²) < 4.78 is 19.7. The maximum Gasteiger partial charge on any atom is 0.138 e. The lowest BCUT2D eigenvalue weighted by molar-refractivity contribution is 0.310. The van der Waals surface area contributed by atoms with E-state index in [1.165, 1.54) is 17.4 Å². The van der Waals surface area contributed by atoms with Crippen LogP contribution in [0.4, 0.5) is 4.39 Å². The molecule has 1 nitrogen and oxygen atoms in total. The molecule has 0 saturated carbocycles. The second-order valence-corrected chi connectivity index (χ2v) is 5.69. The van der Waals surface area contributed by atoms with E-state index in [2.05, 4.69) is 0 Å². The van der Waals surface area contributed by atoms with E-state index in [9.17, 15) is 4.39 Å². The van der Waals surface area contributed by atoms with Crippen LogP contribution in [0.25, 0.3) is 10.1 Å². The minimum atomic E-state index is -0.215. The van der Waals surface area contributed by atoms with Crippen LogP contribution in [0.2, 0.25) is 5.02 Å². The van der Waals surface area contributed by atoms with E-state index < -0.39 is 0 Å². The molecule has 1 aromatic heterocycles. The Kier molecular flexibility index (Phi) is 3.40. The largest absolute Gasteiger partial charge is 0.487 e. The molecule has 0 bridgehead atoms. The van der Waals surface area contributed by atoms with Gasteiger partial charge in [-0.2, -0.15) is 0 Å². The van der Waals surface area contributed by atoms with Gasteiger partial charge in [0.25, 0.3) is 0 Å². The lowest BCUT2D eigenvalue weighted by atomic mass is 10.2. The molecular weight excluding hydrogens is 283 g/mol. The molecule has 0 fully saturated rings. The third-order valence-corrected chi connectivity index (χ3v) is 4.12. The first-order valence-corrected chi connectivity index (χ1v) is 6.97. The number of benzene rings is 2. The Morgan fingerprint density at radius 3 is 2.79 bits per heavy atom. The topological polar surface area (TPSA) is 9.23 Å². The Bertz CT molecular complexity index is 723. The molecule has 0 aliphatic rings. The van der Waals surface area contributed by atoms with Gasteiger partial charge in [0.2, 0.25) is 0 Å². The molecule has 3 aromatic rings. The fraction of sp³-hybridized carbons (Fsp3) is 0.0667. The molecule has 4 heteroatoms. The van der Waals surface area contributed by atoms with E-state index in [-0.39, 0.29) is 5.82 Å². The van der Waals surface area contributed by atoms with Crippen molar-refractivity contribution in [3.63, 3.8) is 0 Å². The van der Waals surface area contributed by atoms with E-state index in [0.717, 1.165) is 15.0 Å². The molecular formula is C15H10ClFOS. The highest BCUT2D eigenvalue weighted by atomic mass is 35.5. The normalized spacial score (nSPS) is 10.8. The molecule has 0 spiro atoms. The molecule has 0 aliphatic heterocycles. The third kappa shape index (κ3) is 2.72. The Hall–Kier alpha value is -1.58. The van der Waals surface area contributed by atoms with Gasteiger partial charge in [-0.3, -0.25) is 0 Å². The summed E-state index contributed by atoms with van der Waals surface area (Å²) >= 11 is 7.55. The molecule has 0 saturated heterocycles. The SMILES string of the molecule is Fc1ccc2cc(COc3ccccc3Cl)sc2c1. The van der Waals surface area contributed by atoms with E-state index in [4.69, 9.17) is 16.3 Å². The van der Waals surface area contributed by atoms with Gasteiger partial charge in [0.1, 0.15) is 18.2 Å². The summed E-state index contributed by atoms with van der Waals surface area (Å²) in [5, 5.41) is 1.62. The summed E-state index contributed by atoms with van der Waals surface area (Å²) in [6.45, 7) is 0.435. The second kappa shape index (κ2) is 5.19. The predicted octanol–water partition coefficient (Wildman–Crippen LogP) is 5.27. The highest BCUT2D eigenvalue weighted by molar-refractivity contribution is 7.19. The van der Waals surface area contributed by atoms with Crippen LogP contribution in [0.1, 0.15) is 4.88 Å². The van der Waals surface area contributed by atoms with Crippen molar-refractivity contribution in [2.75, 3.05) is 0 Å². The second-order valence-electron chi connectivity index (χ2n) is 4.11. The van der Waals surface area contributed by atoms with E-state index in [1.54, 1.807) is 18.2 Å². The summed E-state index contributed by atoms with van der Waals surface area (Å²) in [4.78, 5) is 1.04. The average molecular weight is 293 g/mol. The van der Waals surface area contributed by atoms with E-state index in [1.807, 2.05) is 24.3 Å². The van der Waals surface area contributed by atoms with Crippen molar-refractivity contribution >= 4 is 33.0 Å². The minimum Gasteiger partial charge on any atom is -0.487 e. The van der Waals surface area contributed by atoms with Crippen LogP contribution < -0.4 is 4.74 Å². The quantitative estimate of drug-likeness (QED) is 0.639. The monoisotopic (exact) mass is 292 g/mol. The Balaban J connectivity index is 1.80. The zero-order valence-corrected chi connectivity index (χ0v) is 11.5. The van der Waals surface area contributed by atoms with Gasteiger partial charge in [0.05, 0.1) is 5.02 Å². The van der Waals surface area contributed by atoms with Crippen molar-refractivity contribution in [2.45, 2.75) is 6.61 Å². The number of rotatable bonds is 3. The van der Waals surface area contributed by atoms with Gasteiger partial charge in [0, 0.05) is 9.58 Å². The molecule has 0 aliphatic carbocycles. The number of fused-ring (bicyclic) bond motifs is 1. The first-order valence-electron chi connectivity index (χ1n) is 5.78. The summed E-state index contributed by atoms with van der Waals surface area (Å²) in [5.74, 6) is 0.445. The number of hydrogen-bond acceptors (Lipinski definition) is 2. The third-order valence-electron chi connectivity index (χ3n) is 2.74. The number of thiophene rings is 1. The van der Waals surface area contributed by atoms with Crippen LogP contribution in [-0.4, -0.2) is 0 Å². The Morgan fingerprint density at radius 1 is 1.11 bits per heavy atom. The molecule has 0 amide bonds.